The van der Waals surface area contributed by atoms with Crippen LogP contribution in [0.25, 0.3) is 11.8 Å². The zero-order valence-corrected chi connectivity index (χ0v) is 25.9. The molecule has 3 heterocycles. The van der Waals surface area contributed by atoms with Gasteiger partial charge in [-0.2, -0.15) is 5.10 Å². The standard InChI is InChI=1S/C33H33BrFN5O3/c1-19(2)39-10-8-24(9-11-39)42-30-16-22-14-23(13-21(22)15-26(30)34)32(41)25-17-38-40(33(25)36)28-18-37-31(12-20(28)3)43-29-7-5-4-6-27(29)35/h4-7,12,14-19,24H,8-11,13,36H2,1-3H3. The van der Waals surface area contributed by atoms with Crippen molar-refractivity contribution in [3.8, 4) is 23.1 Å². The maximum atomic E-state index is 14.0. The van der Waals surface area contributed by atoms with Crippen LogP contribution in [0.15, 0.2) is 64.9 Å². The largest absolute Gasteiger partial charge is 0.489 e. The van der Waals surface area contributed by atoms with E-state index in [9.17, 15) is 9.18 Å². The van der Waals surface area contributed by atoms with E-state index in [1.165, 1.54) is 23.0 Å². The van der Waals surface area contributed by atoms with Crippen molar-refractivity contribution < 1.29 is 18.7 Å². The molecule has 0 spiro atoms. The monoisotopic (exact) mass is 645 g/mol. The number of Topliss-reactive ketones (excluding diaryl/α,β-unsaturated/α-hetero) is 1. The van der Waals surface area contributed by atoms with Gasteiger partial charge in [0.05, 0.1) is 28.1 Å². The lowest BCUT2D eigenvalue weighted by atomic mass is 10.0. The van der Waals surface area contributed by atoms with Gasteiger partial charge in [-0.25, -0.2) is 14.1 Å². The van der Waals surface area contributed by atoms with Crippen LogP contribution in [-0.4, -0.2) is 50.7 Å². The zero-order valence-electron chi connectivity index (χ0n) is 24.3. The SMILES string of the molecule is Cc1cc(Oc2ccccc2F)ncc1-n1ncc(C(=O)C2=Cc3cc(OC4CCN(C(C)C)CC4)c(Br)cc3C2)c1N. The summed E-state index contributed by atoms with van der Waals surface area (Å²) in [6, 6.07) is 12.4. The fourth-order valence-corrected chi connectivity index (χ4v) is 6.09. The number of ether oxygens (including phenoxy) is 2. The van der Waals surface area contributed by atoms with Crippen molar-refractivity contribution in [2.45, 2.75) is 52.2 Å². The third kappa shape index (κ3) is 5.94. The first kappa shape index (κ1) is 29.1. The summed E-state index contributed by atoms with van der Waals surface area (Å²) in [7, 11) is 0. The van der Waals surface area contributed by atoms with Crippen molar-refractivity contribution in [3.63, 3.8) is 0 Å². The summed E-state index contributed by atoms with van der Waals surface area (Å²) >= 11 is 3.68. The molecule has 6 rings (SSSR count). The molecule has 1 fully saturated rings. The van der Waals surface area contributed by atoms with Gasteiger partial charge < -0.3 is 20.1 Å². The number of ketones is 1. The Morgan fingerprint density at radius 3 is 2.60 bits per heavy atom. The first-order valence-electron chi connectivity index (χ1n) is 14.4. The summed E-state index contributed by atoms with van der Waals surface area (Å²) in [5.74, 6) is 0.670. The molecule has 0 unspecified atom stereocenters. The maximum absolute atomic E-state index is 14.0. The minimum absolute atomic E-state index is 0.0807. The molecule has 2 aromatic heterocycles. The van der Waals surface area contributed by atoms with E-state index in [1.807, 2.05) is 25.1 Å². The van der Waals surface area contributed by atoms with Gasteiger partial charge in [0.1, 0.15) is 17.7 Å². The van der Waals surface area contributed by atoms with Crippen molar-refractivity contribution in [3.05, 3.63) is 93.0 Å². The summed E-state index contributed by atoms with van der Waals surface area (Å²) < 4.78 is 28.4. The van der Waals surface area contributed by atoms with E-state index in [4.69, 9.17) is 15.2 Å². The Morgan fingerprint density at radius 1 is 1.12 bits per heavy atom. The number of allylic oxidation sites excluding steroid dienone is 1. The Balaban J connectivity index is 1.17. The minimum Gasteiger partial charge on any atom is -0.489 e. The summed E-state index contributed by atoms with van der Waals surface area (Å²) in [5.41, 5.74) is 10.8. The molecule has 10 heteroatoms. The summed E-state index contributed by atoms with van der Waals surface area (Å²) in [4.78, 5) is 20.4. The number of fused-ring (bicyclic) bond motifs is 1. The van der Waals surface area contributed by atoms with Crippen LogP contribution in [0.5, 0.6) is 17.4 Å². The number of nitrogens with zero attached hydrogens (tertiary/aromatic N) is 4. The Morgan fingerprint density at radius 2 is 1.88 bits per heavy atom. The molecular formula is C33H33BrFN5O3. The van der Waals surface area contributed by atoms with E-state index in [2.05, 4.69) is 44.8 Å². The van der Waals surface area contributed by atoms with Gasteiger partial charge in [-0.15, -0.1) is 0 Å². The van der Waals surface area contributed by atoms with Crippen LogP contribution in [0.3, 0.4) is 0 Å². The number of likely N-dealkylation sites (tertiary alicyclic amines) is 1. The van der Waals surface area contributed by atoms with Crippen LogP contribution in [-0.2, 0) is 6.42 Å². The normalized spacial score (nSPS) is 15.4. The van der Waals surface area contributed by atoms with Gasteiger partial charge in [0.15, 0.2) is 17.3 Å². The van der Waals surface area contributed by atoms with E-state index >= 15 is 0 Å². The predicted octanol–water partition coefficient (Wildman–Crippen LogP) is 6.93. The average Bonchev–Trinajstić information content (AvgIpc) is 3.57. The van der Waals surface area contributed by atoms with Gasteiger partial charge in [0, 0.05) is 37.2 Å². The number of piperidine rings is 1. The van der Waals surface area contributed by atoms with Crippen molar-refractivity contribution >= 4 is 33.6 Å². The Kier molecular flexibility index (Phi) is 8.07. The molecule has 0 saturated carbocycles. The van der Waals surface area contributed by atoms with Crippen molar-refractivity contribution in [1.82, 2.24) is 19.7 Å². The number of hydrogen-bond acceptors (Lipinski definition) is 7. The molecule has 4 aromatic rings. The molecule has 1 saturated heterocycles. The molecule has 1 aliphatic carbocycles. The van der Waals surface area contributed by atoms with Crippen molar-refractivity contribution in [2.24, 2.45) is 0 Å². The Bertz CT molecular complexity index is 1730. The highest BCUT2D eigenvalue weighted by atomic mass is 79.9. The second-order valence-electron chi connectivity index (χ2n) is 11.3. The van der Waals surface area contributed by atoms with Crippen LogP contribution < -0.4 is 15.2 Å². The average molecular weight is 647 g/mol. The molecule has 222 valence electrons. The number of nitrogen functional groups attached to an aromatic ring is 1. The van der Waals surface area contributed by atoms with E-state index in [0.29, 0.717) is 29.3 Å². The molecule has 2 N–H and O–H groups in total. The lowest BCUT2D eigenvalue weighted by Crippen LogP contribution is -2.41. The van der Waals surface area contributed by atoms with E-state index in [-0.39, 0.29) is 29.3 Å². The lowest BCUT2D eigenvalue weighted by Gasteiger charge is -2.34. The van der Waals surface area contributed by atoms with Gasteiger partial charge in [-0.1, -0.05) is 12.1 Å². The van der Waals surface area contributed by atoms with Crippen LogP contribution in [0.2, 0.25) is 0 Å². The molecule has 0 atom stereocenters. The number of pyridine rings is 1. The third-order valence-electron chi connectivity index (χ3n) is 8.09. The molecule has 8 nitrogen and oxygen atoms in total. The van der Waals surface area contributed by atoms with Gasteiger partial charge in [0.25, 0.3) is 0 Å². The number of anilines is 1. The Hall–Kier alpha value is -4.02. The Labute approximate surface area is 258 Å². The molecule has 43 heavy (non-hydrogen) atoms. The molecule has 1 aliphatic heterocycles. The van der Waals surface area contributed by atoms with Crippen molar-refractivity contribution in [1.29, 1.82) is 0 Å². The smallest absolute Gasteiger partial charge is 0.219 e. The number of para-hydroxylation sites is 1. The summed E-state index contributed by atoms with van der Waals surface area (Å²) in [6.45, 7) is 8.35. The second kappa shape index (κ2) is 11.9. The second-order valence-corrected chi connectivity index (χ2v) is 12.2. The number of hydrogen-bond donors (Lipinski definition) is 1. The van der Waals surface area contributed by atoms with Gasteiger partial charge in [0.2, 0.25) is 5.88 Å². The molecule has 0 amide bonds. The predicted molar refractivity (Wildman–Crippen MR) is 167 cm³/mol. The first-order valence-corrected chi connectivity index (χ1v) is 15.2. The van der Waals surface area contributed by atoms with Crippen LogP contribution in [0.4, 0.5) is 10.2 Å². The molecular weight excluding hydrogens is 613 g/mol. The highest BCUT2D eigenvalue weighted by Gasteiger charge is 2.27. The fourth-order valence-electron chi connectivity index (χ4n) is 5.61. The number of benzene rings is 2. The lowest BCUT2D eigenvalue weighted by molar-refractivity contribution is 0.0838. The third-order valence-corrected chi connectivity index (χ3v) is 8.70. The van der Waals surface area contributed by atoms with Gasteiger partial charge in [-0.05, 0) is 96.6 Å². The maximum Gasteiger partial charge on any atom is 0.219 e. The summed E-state index contributed by atoms with van der Waals surface area (Å²) in [6.07, 6.45) is 7.57. The highest BCUT2D eigenvalue weighted by molar-refractivity contribution is 9.10. The van der Waals surface area contributed by atoms with Gasteiger partial charge in [-0.3, -0.25) is 4.79 Å². The quantitative estimate of drug-likeness (QED) is 0.208. The highest BCUT2D eigenvalue weighted by Crippen LogP contribution is 2.37. The number of halogens is 2. The minimum atomic E-state index is -0.479. The number of aromatic nitrogens is 3. The zero-order chi connectivity index (χ0) is 30.2. The molecule has 2 aromatic carbocycles. The number of carbonyl (C=O) groups excluding carboxylic acids is 1. The topological polar surface area (TPSA) is 95.5 Å². The molecule has 0 bridgehead atoms. The molecule has 2 aliphatic rings. The van der Waals surface area contributed by atoms with E-state index < -0.39 is 5.82 Å². The van der Waals surface area contributed by atoms with Crippen LogP contribution in [0.1, 0.15) is 53.7 Å². The van der Waals surface area contributed by atoms with Crippen molar-refractivity contribution in [2.75, 3.05) is 18.8 Å². The number of nitrogens with two attached hydrogens (primary N) is 1. The van der Waals surface area contributed by atoms with E-state index in [1.54, 1.807) is 24.4 Å². The van der Waals surface area contributed by atoms with Gasteiger partial charge >= 0.3 is 0 Å². The van der Waals surface area contributed by atoms with E-state index in [0.717, 1.165) is 52.8 Å². The van der Waals surface area contributed by atoms with Crippen LogP contribution in [0, 0.1) is 12.7 Å². The molecule has 0 radical (unpaired) electrons. The number of rotatable bonds is 8. The summed E-state index contributed by atoms with van der Waals surface area (Å²) in [5, 5.41) is 4.40. The fraction of sp³-hybridized carbons (Fsp3) is 0.303. The van der Waals surface area contributed by atoms with Crippen LogP contribution >= 0.6 is 15.9 Å². The first-order chi connectivity index (χ1) is 20.7. The number of carbonyl (C=O) groups is 1. The number of aryl methyl sites for hydroxylation is 1.